The molecule has 1 atom stereocenters. The van der Waals surface area contributed by atoms with E-state index in [1.807, 2.05) is 0 Å². The molecule has 0 aromatic carbocycles. The average Bonchev–Trinajstić information content (AvgIpc) is 2.59. The summed E-state index contributed by atoms with van der Waals surface area (Å²) in [4.78, 5) is 24.0. The van der Waals surface area contributed by atoms with Gasteiger partial charge in [-0.2, -0.15) is 0 Å². The van der Waals surface area contributed by atoms with Gasteiger partial charge in [0.1, 0.15) is 0 Å². The minimum Gasteiger partial charge on any atom is -0.306 e. The number of rotatable bonds is 18. The van der Waals surface area contributed by atoms with Crippen LogP contribution in [0.5, 0.6) is 0 Å². The smallest absolute Gasteiger partial charge is 0.306 e. The Morgan fingerprint density at radius 1 is 0.607 bits per heavy atom. The third-order valence-corrected chi connectivity index (χ3v) is 5.26. The first-order valence-corrected chi connectivity index (χ1v) is 13.2. The topological polar surface area (TPSA) is 81.0 Å². The zero-order chi connectivity index (χ0) is 21.7. The predicted octanol–water partition coefficient (Wildman–Crippen LogP) is 6.66. The summed E-state index contributed by atoms with van der Waals surface area (Å²) in [6, 6.07) is 0.825. The molecule has 1 unspecified atom stereocenters. The molecule has 172 valence electrons. The maximum Gasteiger partial charge on any atom is 0.466 e. The van der Waals surface area contributed by atoms with Gasteiger partial charge in [-0.25, -0.2) is 4.57 Å². The van der Waals surface area contributed by atoms with E-state index in [2.05, 4.69) is 32.8 Å². The van der Waals surface area contributed by atoms with Crippen LogP contribution in [0.25, 0.3) is 0 Å². The van der Waals surface area contributed by atoms with Crippen LogP contribution in [0, 0.1) is 0 Å². The third kappa shape index (κ3) is 30.8. The van der Waals surface area contributed by atoms with Crippen molar-refractivity contribution in [1.82, 2.24) is 4.90 Å². The summed E-state index contributed by atoms with van der Waals surface area (Å²) in [5, 5.41) is 0. The van der Waals surface area contributed by atoms with E-state index in [1.54, 1.807) is 0 Å². The van der Waals surface area contributed by atoms with Gasteiger partial charge < -0.3 is 19.6 Å². The molecule has 0 heterocycles. The largest absolute Gasteiger partial charge is 0.466 e. The Bertz CT molecular complexity index is 339. The lowest BCUT2D eigenvalue weighted by Crippen LogP contribution is -2.27. The van der Waals surface area contributed by atoms with Gasteiger partial charge >= 0.3 is 7.82 Å². The van der Waals surface area contributed by atoms with Crippen LogP contribution in [0.4, 0.5) is 0 Å². The van der Waals surface area contributed by atoms with E-state index in [4.69, 9.17) is 19.2 Å². The van der Waals surface area contributed by atoms with Crippen LogP contribution in [-0.2, 0) is 4.57 Å². The molecule has 0 fully saturated rings. The Labute approximate surface area is 175 Å². The van der Waals surface area contributed by atoms with Crippen molar-refractivity contribution in [2.75, 3.05) is 14.1 Å². The summed E-state index contributed by atoms with van der Waals surface area (Å²) in [6.07, 6.45) is 24.4. The summed E-state index contributed by atoms with van der Waals surface area (Å²) in [5.41, 5.74) is 0. The van der Waals surface area contributed by atoms with Crippen molar-refractivity contribution in [3.8, 4) is 0 Å². The van der Waals surface area contributed by atoms with Gasteiger partial charge in [-0.3, -0.25) is 0 Å². The first-order valence-electron chi connectivity index (χ1n) is 11.7. The highest BCUT2D eigenvalue weighted by Crippen LogP contribution is 2.25. The van der Waals surface area contributed by atoms with Gasteiger partial charge in [0.2, 0.25) is 0 Å². The Hall–Kier alpha value is 0.0700. The molecule has 3 N–H and O–H groups in total. The fourth-order valence-electron chi connectivity index (χ4n) is 3.51. The maximum atomic E-state index is 8.88. The Balaban J connectivity index is 0. The van der Waals surface area contributed by atoms with Crippen molar-refractivity contribution in [2.45, 2.75) is 129 Å². The minimum atomic E-state index is -4.64. The van der Waals surface area contributed by atoms with Crippen molar-refractivity contribution in [3.05, 3.63) is 0 Å². The maximum absolute atomic E-state index is 8.88. The molecule has 0 rings (SSSR count). The molecule has 0 aromatic rings. The molecule has 0 spiro atoms. The normalized spacial score (nSPS) is 12.7. The summed E-state index contributed by atoms with van der Waals surface area (Å²) in [5.74, 6) is 0. The third-order valence-electron chi connectivity index (χ3n) is 5.26. The lowest BCUT2D eigenvalue weighted by atomic mass is 9.99. The Morgan fingerprint density at radius 3 is 1.11 bits per heavy atom. The summed E-state index contributed by atoms with van der Waals surface area (Å²) < 4.78 is 8.88. The van der Waals surface area contributed by atoms with Gasteiger partial charge in [-0.15, -0.1) is 0 Å². The molecule has 0 radical (unpaired) electrons. The van der Waals surface area contributed by atoms with E-state index < -0.39 is 7.82 Å². The summed E-state index contributed by atoms with van der Waals surface area (Å²) in [7, 11) is -0.0972. The monoisotopic (exact) mass is 423 g/mol. The first-order chi connectivity index (χ1) is 13.2. The number of unbranched alkanes of at least 4 members (excludes halogenated alkanes) is 13. The predicted molar refractivity (Wildman–Crippen MR) is 122 cm³/mol. The second kappa shape index (κ2) is 21.8. The van der Waals surface area contributed by atoms with Crippen LogP contribution in [0.3, 0.4) is 0 Å². The molecule has 0 saturated heterocycles. The molecule has 5 nitrogen and oxygen atoms in total. The molecule has 0 aliphatic carbocycles. The highest BCUT2D eigenvalue weighted by molar-refractivity contribution is 7.45. The minimum absolute atomic E-state index is 0.825. The highest BCUT2D eigenvalue weighted by atomic mass is 31.2. The molecular weight excluding hydrogens is 373 g/mol. The molecule has 28 heavy (non-hydrogen) atoms. The number of nitrogens with zero attached hydrogens (tertiary/aromatic N) is 1. The standard InChI is InChI=1S/C22H47N.H3O4P/c1-5-7-9-11-12-13-14-15-17-19-21-22(23(3)4)20-18-16-10-8-6-2;1-5(2,3)4/h22H,5-21H2,1-4H3;(H3,1,2,3,4). The molecule has 0 aliphatic heterocycles. The van der Waals surface area contributed by atoms with Crippen LogP contribution in [-0.4, -0.2) is 39.7 Å². The van der Waals surface area contributed by atoms with Crippen molar-refractivity contribution in [1.29, 1.82) is 0 Å². The molecule has 0 aliphatic rings. The second-order valence-corrected chi connectivity index (χ2v) is 9.33. The molecule has 0 saturated carbocycles. The Morgan fingerprint density at radius 2 is 0.857 bits per heavy atom. The zero-order valence-electron chi connectivity index (χ0n) is 19.2. The van der Waals surface area contributed by atoms with Crippen LogP contribution >= 0.6 is 7.82 Å². The lowest BCUT2D eigenvalue weighted by Gasteiger charge is -2.24. The van der Waals surface area contributed by atoms with Gasteiger partial charge in [0.05, 0.1) is 0 Å². The van der Waals surface area contributed by atoms with E-state index in [-0.39, 0.29) is 0 Å². The van der Waals surface area contributed by atoms with Crippen molar-refractivity contribution >= 4 is 7.82 Å². The van der Waals surface area contributed by atoms with E-state index >= 15 is 0 Å². The number of phosphoric acid groups is 1. The van der Waals surface area contributed by atoms with Crippen molar-refractivity contribution in [2.24, 2.45) is 0 Å². The number of hydrogen-bond donors (Lipinski definition) is 3. The quantitative estimate of drug-likeness (QED) is 0.170. The fraction of sp³-hybridized carbons (Fsp3) is 1.00. The molecular formula is C22H50NO4P. The summed E-state index contributed by atoms with van der Waals surface area (Å²) >= 11 is 0. The van der Waals surface area contributed by atoms with E-state index in [0.717, 1.165) is 6.04 Å². The SMILES string of the molecule is CCCCCCCCCCCCC(CCCCCCC)N(C)C.O=P(O)(O)O. The lowest BCUT2D eigenvalue weighted by molar-refractivity contribution is 0.251. The molecule has 0 aromatic heterocycles. The van der Waals surface area contributed by atoms with Gasteiger partial charge in [-0.05, 0) is 26.9 Å². The van der Waals surface area contributed by atoms with E-state index in [9.17, 15) is 0 Å². The van der Waals surface area contributed by atoms with Gasteiger partial charge in [0, 0.05) is 6.04 Å². The first kappa shape index (κ1) is 30.3. The van der Waals surface area contributed by atoms with Crippen LogP contribution in [0.15, 0.2) is 0 Å². The van der Waals surface area contributed by atoms with Gasteiger partial charge in [0.25, 0.3) is 0 Å². The summed E-state index contributed by atoms with van der Waals surface area (Å²) in [6.45, 7) is 4.60. The molecule has 6 heteroatoms. The van der Waals surface area contributed by atoms with Gasteiger partial charge in [-0.1, -0.05) is 110 Å². The van der Waals surface area contributed by atoms with Gasteiger partial charge in [0.15, 0.2) is 0 Å². The van der Waals surface area contributed by atoms with E-state index in [0.29, 0.717) is 0 Å². The van der Waals surface area contributed by atoms with Crippen LogP contribution in [0.1, 0.15) is 123 Å². The van der Waals surface area contributed by atoms with Crippen LogP contribution < -0.4 is 0 Å². The molecule has 0 amide bonds. The number of hydrogen-bond acceptors (Lipinski definition) is 2. The molecule has 0 bridgehead atoms. The van der Waals surface area contributed by atoms with Crippen LogP contribution in [0.2, 0.25) is 0 Å². The second-order valence-electron chi connectivity index (χ2n) is 8.30. The van der Waals surface area contributed by atoms with Crippen molar-refractivity contribution < 1.29 is 19.2 Å². The van der Waals surface area contributed by atoms with Crippen molar-refractivity contribution in [3.63, 3.8) is 0 Å². The van der Waals surface area contributed by atoms with E-state index in [1.165, 1.54) is 109 Å². The fourth-order valence-corrected chi connectivity index (χ4v) is 3.51. The Kier molecular flexibility index (Phi) is 23.5. The zero-order valence-corrected chi connectivity index (χ0v) is 20.1. The average molecular weight is 424 g/mol. The highest BCUT2D eigenvalue weighted by Gasteiger charge is 2.10.